The Morgan fingerprint density at radius 3 is 2.33 bits per heavy atom. The summed E-state index contributed by atoms with van der Waals surface area (Å²) >= 11 is 6.12. The number of carbonyl (C=O) groups is 1. The van der Waals surface area contributed by atoms with Crippen LogP contribution in [0.1, 0.15) is 27.4 Å². The summed E-state index contributed by atoms with van der Waals surface area (Å²) in [7, 11) is 0. The van der Waals surface area contributed by atoms with Gasteiger partial charge in [0.1, 0.15) is 6.04 Å². The highest BCUT2D eigenvalue weighted by Crippen LogP contribution is 2.56. The Hall–Kier alpha value is -4.38. The SMILES string of the molecule is N#CC1(C#N)[C@H](c2cccc3ccccc23)[C@@H](C(=O)c2ccc(Cl)cc2)N2c3ccccc3C=C[C@@H]21. The first kappa shape index (κ1) is 22.1. The number of ketones is 1. The molecule has 0 N–H and O–H groups in total. The van der Waals surface area contributed by atoms with Crippen LogP contribution in [0.25, 0.3) is 16.8 Å². The third-order valence-corrected chi connectivity index (χ3v) is 7.72. The Labute approximate surface area is 214 Å². The highest BCUT2D eigenvalue weighted by molar-refractivity contribution is 6.30. The van der Waals surface area contributed by atoms with E-state index in [9.17, 15) is 15.3 Å². The van der Waals surface area contributed by atoms with E-state index >= 15 is 0 Å². The van der Waals surface area contributed by atoms with Gasteiger partial charge >= 0.3 is 0 Å². The molecule has 4 aromatic carbocycles. The molecular weight excluding hydrogens is 466 g/mol. The number of fused-ring (bicyclic) bond motifs is 4. The predicted molar refractivity (Wildman–Crippen MR) is 142 cm³/mol. The van der Waals surface area contributed by atoms with Gasteiger partial charge in [-0.3, -0.25) is 4.79 Å². The molecule has 6 rings (SSSR count). The Morgan fingerprint density at radius 2 is 1.56 bits per heavy atom. The quantitative estimate of drug-likeness (QED) is 0.300. The standard InChI is InChI=1S/C31H20ClN3O/c32-23-15-12-22(13-16-23)30(36)29-28(25-10-5-8-20-6-1-3-9-24(20)25)31(18-33,19-34)27-17-14-21-7-2-4-11-26(21)35(27)29/h1-17,27-29H/t27-,28-,29+/m1/s1. The van der Waals surface area contributed by atoms with Gasteiger partial charge in [0.15, 0.2) is 11.2 Å². The van der Waals surface area contributed by atoms with Crippen molar-refractivity contribution in [3.05, 3.63) is 119 Å². The van der Waals surface area contributed by atoms with Crippen molar-refractivity contribution in [1.82, 2.24) is 0 Å². The molecule has 0 radical (unpaired) electrons. The number of anilines is 1. The van der Waals surface area contributed by atoms with Crippen molar-refractivity contribution in [2.24, 2.45) is 5.41 Å². The first-order valence-corrected chi connectivity index (χ1v) is 12.1. The summed E-state index contributed by atoms with van der Waals surface area (Å²) in [5.41, 5.74) is 1.62. The first-order valence-electron chi connectivity index (χ1n) is 11.7. The van der Waals surface area contributed by atoms with Gasteiger partial charge in [-0.2, -0.15) is 10.5 Å². The number of para-hydroxylation sites is 1. The second kappa shape index (κ2) is 8.38. The van der Waals surface area contributed by atoms with Crippen molar-refractivity contribution in [3.63, 3.8) is 0 Å². The van der Waals surface area contributed by atoms with E-state index in [0.29, 0.717) is 10.6 Å². The number of nitriles is 2. The van der Waals surface area contributed by atoms with Gasteiger partial charge in [0.05, 0.1) is 18.2 Å². The number of carbonyl (C=O) groups excluding carboxylic acids is 1. The summed E-state index contributed by atoms with van der Waals surface area (Å²) < 4.78 is 0. The normalized spacial score (nSPS) is 21.3. The highest BCUT2D eigenvalue weighted by Gasteiger charge is 2.63. The van der Waals surface area contributed by atoms with Crippen LogP contribution in [-0.2, 0) is 0 Å². The van der Waals surface area contributed by atoms with Crippen LogP contribution in [0.4, 0.5) is 5.69 Å². The highest BCUT2D eigenvalue weighted by atomic mass is 35.5. The maximum atomic E-state index is 14.3. The number of halogens is 1. The Balaban J connectivity index is 1.67. The van der Waals surface area contributed by atoms with Crippen molar-refractivity contribution in [2.45, 2.75) is 18.0 Å². The van der Waals surface area contributed by atoms with E-state index < -0.39 is 23.4 Å². The topological polar surface area (TPSA) is 67.9 Å². The average Bonchev–Trinajstić information content (AvgIpc) is 3.23. The zero-order valence-corrected chi connectivity index (χ0v) is 19.9. The molecule has 36 heavy (non-hydrogen) atoms. The molecule has 4 nitrogen and oxygen atoms in total. The van der Waals surface area contributed by atoms with Gasteiger partial charge in [-0.05, 0) is 52.2 Å². The molecule has 4 aromatic rings. The van der Waals surface area contributed by atoms with Gasteiger partial charge in [-0.25, -0.2) is 0 Å². The maximum Gasteiger partial charge on any atom is 0.185 e. The van der Waals surface area contributed by atoms with Gasteiger partial charge in [-0.1, -0.05) is 84.4 Å². The molecule has 0 amide bonds. The Bertz CT molecular complexity index is 1610. The van der Waals surface area contributed by atoms with Crippen LogP contribution in [0.3, 0.4) is 0 Å². The van der Waals surface area contributed by atoms with Gasteiger partial charge in [0, 0.05) is 22.2 Å². The van der Waals surface area contributed by atoms with Gasteiger partial charge in [0.2, 0.25) is 0 Å². The number of hydrogen-bond donors (Lipinski definition) is 0. The number of Topliss-reactive ketones (excluding diaryl/α,β-unsaturated/α-hetero) is 1. The van der Waals surface area contributed by atoms with Crippen LogP contribution in [0.15, 0.2) is 97.1 Å². The predicted octanol–water partition coefficient (Wildman–Crippen LogP) is 6.78. The van der Waals surface area contributed by atoms with Crippen molar-refractivity contribution < 1.29 is 4.79 Å². The largest absolute Gasteiger partial charge is 0.351 e. The monoisotopic (exact) mass is 485 g/mol. The van der Waals surface area contributed by atoms with Crippen molar-refractivity contribution in [3.8, 4) is 12.1 Å². The van der Waals surface area contributed by atoms with Gasteiger partial charge in [-0.15, -0.1) is 0 Å². The van der Waals surface area contributed by atoms with E-state index in [1.807, 2.05) is 83.8 Å². The van der Waals surface area contributed by atoms with E-state index in [1.54, 1.807) is 24.3 Å². The van der Waals surface area contributed by atoms with E-state index in [4.69, 9.17) is 11.6 Å². The smallest absolute Gasteiger partial charge is 0.185 e. The van der Waals surface area contributed by atoms with Crippen LogP contribution < -0.4 is 4.90 Å². The van der Waals surface area contributed by atoms with E-state index in [0.717, 1.165) is 27.6 Å². The summed E-state index contributed by atoms with van der Waals surface area (Å²) in [5.74, 6) is -0.838. The molecule has 2 heterocycles. The first-order chi connectivity index (χ1) is 17.6. The lowest BCUT2D eigenvalue weighted by Crippen LogP contribution is -2.44. The van der Waals surface area contributed by atoms with E-state index in [2.05, 4.69) is 12.1 Å². The number of benzene rings is 4. The molecule has 2 aliphatic heterocycles. The fourth-order valence-electron chi connectivity index (χ4n) is 5.88. The molecule has 3 atom stereocenters. The Morgan fingerprint density at radius 1 is 0.861 bits per heavy atom. The fraction of sp³-hybridized carbons (Fsp3) is 0.129. The van der Waals surface area contributed by atoms with E-state index in [1.165, 1.54) is 0 Å². The molecule has 0 bridgehead atoms. The fourth-order valence-corrected chi connectivity index (χ4v) is 6.01. The summed E-state index contributed by atoms with van der Waals surface area (Å²) in [6, 6.07) is 31.8. The molecule has 1 saturated heterocycles. The molecule has 1 fully saturated rings. The van der Waals surface area contributed by atoms with Crippen LogP contribution in [0.5, 0.6) is 0 Å². The van der Waals surface area contributed by atoms with Gasteiger partial charge in [0.25, 0.3) is 0 Å². The van der Waals surface area contributed by atoms with Crippen LogP contribution in [-0.4, -0.2) is 17.9 Å². The second-order valence-corrected chi connectivity index (χ2v) is 9.66. The molecule has 0 aromatic heterocycles. The maximum absolute atomic E-state index is 14.3. The van der Waals surface area contributed by atoms with Gasteiger partial charge < -0.3 is 4.90 Å². The third-order valence-electron chi connectivity index (χ3n) is 7.47. The molecule has 0 aliphatic carbocycles. The molecular formula is C31H20ClN3O. The van der Waals surface area contributed by atoms with Crippen LogP contribution in [0, 0.1) is 28.1 Å². The molecule has 0 spiro atoms. The zero-order chi connectivity index (χ0) is 24.9. The van der Waals surface area contributed by atoms with Crippen molar-refractivity contribution >= 4 is 39.9 Å². The van der Waals surface area contributed by atoms with Crippen molar-refractivity contribution in [2.75, 3.05) is 4.90 Å². The molecule has 0 saturated carbocycles. The molecule has 172 valence electrons. The molecule has 5 heteroatoms. The summed E-state index contributed by atoms with van der Waals surface area (Å²) in [6.45, 7) is 0. The second-order valence-electron chi connectivity index (χ2n) is 9.22. The van der Waals surface area contributed by atoms with E-state index in [-0.39, 0.29) is 5.78 Å². The zero-order valence-electron chi connectivity index (χ0n) is 19.2. The minimum absolute atomic E-state index is 0.146. The van der Waals surface area contributed by atoms with Crippen molar-refractivity contribution in [1.29, 1.82) is 10.5 Å². The number of hydrogen-bond acceptors (Lipinski definition) is 4. The Kier molecular flexibility index (Phi) is 5.15. The van der Waals surface area contributed by atoms with Crippen LogP contribution >= 0.6 is 11.6 Å². The summed E-state index contributed by atoms with van der Waals surface area (Å²) in [4.78, 5) is 16.3. The summed E-state index contributed by atoms with van der Waals surface area (Å²) in [6.07, 6.45) is 3.86. The minimum Gasteiger partial charge on any atom is -0.351 e. The third kappa shape index (κ3) is 3.09. The summed E-state index contributed by atoms with van der Waals surface area (Å²) in [5, 5.41) is 23.8. The van der Waals surface area contributed by atoms with Crippen LogP contribution in [0.2, 0.25) is 5.02 Å². The minimum atomic E-state index is -1.49. The number of rotatable bonds is 3. The lowest BCUT2D eigenvalue weighted by Gasteiger charge is -2.35. The number of nitrogens with zero attached hydrogens (tertiary/aromatic N) is 3. The molecule has 2 aliphatic rings. The molecule has 0 unspecified atom stereocenters. The lowest BCUT2D eigenvalue weighted by atomic mass is 9.68. The lowest BCUT2D eigenvalue weighted by molar-refractivity contribution is 0.0951. The average molecular weight is 486 g/mol.